The van der Waals surface area contributed by atoms with Crippen LogP contribution in [-0.4, -0.2) is 16.8 Å². The fourth-order valence-electron chi connectivity index (χ4n) is 4.26. The van der Waals surface area contributed by atoms with Crippen molar-refractivity contribution in [3.8, 4) is 0 Å². The van der Waals surface area contributed by atoms with Crippen LogP contribution in [0.3, 0.4) is 0 Å². The number of anilines is 1. The number of amides is 2. The molecule has 2 N–H and O–H groups in total. The van der Waals surface area contributed by atoms with Gasteiger partial charge in [0.25, 0.3) is 11.8 Å². The Kier molecular flexibility index (Phi) is 5.98. The second-order valence-corrected chi connectivity index (χ2v) is 9.44. The number of aromatic nitrogens is 1. The van der Waals surface area contributed by atoms with Gasteiger partial charge in [0.05, 0.1) is 10.9 Å². The fourth-order valence-corrected chi connectivity index (χ4v) is 5.54. The standard InChI is InChI=1S/C26H23N3O4S/c1-15-6-4-9-17-19(30)12-20(33-23(15)17)24(31)29-26-22(18-8-2-3-10-21(18)34-26)25(32)28-14-16-7-5-11-27-13-16/h4-7,9,11-13H,2-3,8,10,14H2,1H3,(H,28,32)(H,29,31). The third-order valence-corrected chi connectivity index (χ3v) is 7.18. The lowest BCUT2D eigenvalue weighted by Gasteiger charge is -2.13. The second kappa shape index (κ2) is 9.23. The number of carbonyl (C=O) groups excluding carboxylic acids is 2. The van der Waals surface area contributed by atoms with Crippen LogP contribution in [-0.2, 0) is 19.4 Å². The number of carbonyl (C=O) groups is 2. The molecular weight excluding hydrogens is 450 g/mol. The zero-order valence-electron chi connectivity index (χ0n) is 18.6. The lowest BCUT2D eigenvalue weighted by atomic mass is 9.95. The SMILES string of the molecule is Cc1cccc2c(=O)cc(C(=O)Nc3sc4c(c3C(=O)NCc3cccnc3)CCCC4)oc12. The van der Waals surface area contributed by atoms with E-state index in [2.05, 4.69) is 15.6 Å². The molecule has 0 aliphatic heterocycles. The number of nitrogens with zero attached hydrogens (tertiary/aromatic N) is 1. The molecule has 0 saturated heterocycles. The summed E-state index contributed by atoms with van der Waals surface area (Å²) in [7, 11) is 0. The third kappa shape index (κ3) is 4.24. The fraction of sp³-hybridized carbons (Fsp3) is 0.231. The monoisotopic (exact) mass is 473 g/mol. The van der Waals surface area contributed by atoms with Crippen molar-refractivity contribution in [3.63, 3.8) is 0 Å². The Labute approximate surface area is 199 Å². The van der Waals surface area contributed by atoms with E-state index in [1.165, 1.54) is 17.4 Å². The van der Waals surface area contributed by atoms with Crippen LogP contribution < -0.4 is 16.1 Å². The molecule has 8 heteroatoms. The molecule has 3 heterocycles. The lowest BCUT2D eigenvalue weighted by Crippen LogP contribution is -2.25. The van der Waals surface area contributed by atoms with Crippen LogP contribution in [0.1, 0.15) is 55.3 Å². The van der Waals surface area contributed by atoms with Gasteiger partial charge < -0.3 is 15.1 Å². The summed E-state index contributed by atoms with van der Waals surface area (Å²) >= 11 is 1.42. The van der Waals surface area contributed by atoms with Crippen LogP contribution >= 0.6 is 11.3 Å². The Hall–Kier alpha value is -3.78. The Morgan fingerprint density at radius 3 is 2.79 bits per heavy atom. The second-order valence-electron chi connectivity index (χ2n) is 8.34. The summed E-state index contributed by atoms with van der Waals surface area (Å²) in [5, 5.41) is 6.71. The minimum atomic E-state index is -0.554. The van der Waals surface area contributed by atoms with Gasteiger partial charge in [-0.3, -0.25) is 19.4 Å². The molecule has 172 valence electrons. The van der Waals surface area contributed by atoms with E-state index in [-0.39, 0.29) is 17.1 Å². The lowest BCUT2D eigenvalue weighted by molar-refractivity contribution is 0.0951. The predicted octanol–water partition coefficient (Wildman–Crippen LogP) is 4.62. The van der Waals surface area contributed by atoms with Crippen molar-refractivity contribution in [2.75, 3.05) is 5.32 Å². The largest absolute Gasteiger partial charge is 0.450 e. The highest BCUT2D eigenvalue weighted by Gasteiger charge is 2.27. The van der Waals surface area contributed by atoms with Crippen LogP contribution in [0, 0.1) is 6.92 Å². The molecule has 0 saturated carbocycles. The summed E-state index contributed by atoms with van der Waals surface area (Å²) in [6, 6.07) is 10.2. The number of rotatable bonds is 5. The van der Waals surface area contributed by atoms with Crippen molar-refractivity contribution < 1.29 is 14.0 Å². The maximum Gasteiger partial charge on any atom is 0.292 e. The molecular formula is C26H23N3O4S. The molecule has 0 atom stereocenters. The molecule has 7 nitrogen and oxygen atoms in total. The molecule has 0 fully saturated rings. The van der Waals surface area contributed by atoms with Gasteiger partial charge in [-0.05, 0) is 61.4 Å². The van der Waals surface area contributed by atoms with Gasteiger partial charge in [0.15, 0.2) is 11.2 Å². The number of thiophene rings is 1. The smallest absolute Gasteiger partial charge is 0.292 e. The van der Waals surface area contributed by atoms with Crippen LogP contribution in [0.4, 0.5) is 5.00 Å². The van der Waals surface area contributed by atoms with E-state index >= 15 is 0 Å². The number of benzene rings is 1. The zero-order chi connectivity index (χ0) is 23.7. The van der Waals surface area contributed by atoms with Gasteiger partial charge in [-0.1, -0.05) is 18.2 Å². The molecule has 1 aliphatic rings. The van der Waals surface area contributed by atoms with E-state index in [4.69, 9.17) is 4.42 Å². The molecule has 0 radical (unpaired) electrons. The molecule has 3 aromatic heterocycles. The summed E-state index contributed by atoms with van der Waals surface area (Å²) in [5.74, 6) is -0.878. The van der Waals surface area contributed by atoms with Crippen LogP contribution in [0.15, 0.2) is 58.0 Å². The molecule has 0 spiro atoms. The summed E-state index contributed by atoms with van der Waals surface area (Å²) in [4.78, 5) is 44.1. The highest BCUT2D eigenvalue weighted by atomic mass is 32.1. The van der Waals surface area contributed by atoms with Crippen LogP contribution in [0.25, 0.3) is 11.0 Å². The number of aryl methyl sites for hydroxylation is 2. The van der Waals surface area contributed by atoms with Crippen LogP contribution in [0.5, 0.6) is 0 Å². The van der Waals surface area contributed by atoms with Crippen molar-refractivity contribution in [1.29, 1.82) is 0 Å². The first-order valence-corrected chi connectivity index (χ1v) is 12.0. The summed E-state index contributed by atoms with van der Waals surface area (Å²) in [6.45, 7) is 2.16. The van der Waals surface area contributed by atoms with E-state index in [1.54, 1.807) is 24.5 Å². The third-order valence-electron chi connectivity index (χ3n) is 5.98. The Morgan fingerprint density at radius 1 is 1.12 bits per heavy atom. The Balaban J connectivity index is 1.46. The number of fused-ring (bicyclic) bond motifs is 2. The topological polar surface area (TPSA) is 101 Å². The van der Waals surface area contributed by atoms with Gasteiger partial charge in [-0.25, -0.2) is 0 Å². The van der Waals surface area contributed by atoms with Crippen molar-refractivity contribution in [3.05, 3.63) is 91.9 Å². The summed E-state index contributed by atoms with van der Waals surface area (Å²) in [5.41, 5.74) is 3.25. The molecule has 34 heavy (non-hydrogen) atoms. The average molecular weight is 474 g/mol. The zero-order valence-corrected chi connectivity index (χ0v) is 19.5. The van der Waals surface area contributed by atoms with Crippen LogP contribution in [0.2, 0.25) is 0 Å². The van der Waals surface area contributed by atoms with Gasteiger partial charge in [-0.2, -0.15) is 0 Å². The van der Waals surface area contributed by atoms with E-state index < -0.39 is 5.91 Å². The maximum atomic E-state index is 13.2. The average Bonchev–Trinajstić information content (AvgIpc) is 3.21. The van der Waals surface area contributed by atoms with Crippen molar-refractivity contribution in [2.45, 2.75) is 39.2 Å². The number of hydrogen-bond donors (Lipinski definition) is 2. The van der Waals surface area contributed by atoms with Crippen molar-refractivity contribution >= 4 is 39.1 Å². The van der Waals surface area contributed by atoms with Gasteiger partial charge in [0.2, 0.25) is 0 Å². The molecule has 0 bridgehead atoms. The van der Waals surface area contributed by atoms with Gasteiger partial charge >= 0.3 is 0 Å². The highest BCUT2D eigenvalue weighted by Crippen LogP contribution is 2.38. The summed E-state index contributed by atoms with van der Waals surface area (Å²) < 4.78 is 5.80. The van der Waals surface area contributed by atoms with E-state index in [9.17, 15) is 14.4 Å². The molecule has 5 rings (SSSR count). The number of hydrogen-bond acceptors (Lipinski definition) is 6. The van der Waals surface area contributed by atoms with Gasteiger partial charge in [0, 0.05) is 29.9 Å². The van der Waals surface area contributed by atoms with E-state index in [0.29, 0.717) is 28.1 Å². The molecule has 1 aromatic carbocycles. The molecule has 2 amide bonds. The number of pyridine rings is 1. The molecule has 4 aromatic rings. The first-order valence-electron chi connectivity index (χ1n) is 11.2. The van der Waals surface area contributed by atoms with E-state index in [1.807, 2.05) is 25.1 Å². The van der Waals surface area contributed by atoms with Gasteiger partial charge in [0.1, 0.15) is 10.6 Å². The van der Waals surface area contributed by atoms with Crippen molar-refractivity contribution in [2.24, 2.45) is 0 Å². The quantitative estimate of drug-likeness (QED) is 0.440. The minimum absolute atomic E-state index is 0.0834. The van der Waals surface area contributed by atoms with E-state index in [0.717, 1.165) is 47.3 Å². The molecule has 1 aliphatic carbocycles. The Morgan fingerprint density at radius 2 is 1.97 bits per heavy atom. The predicted molar refractivity (Wildman–Crippen MR) is 132 cm³/mol. The maximum absolute atomic E-state index is 13.2. The molecule has 0 unspecified atom stereocenters. The number of para-hydroxylation sites is 1. The first-order chi connectivity index (χ1) is 16.5. The van der Waals surface area contributed by atoms with Gasteiger partial charge in [-0.15, -0.1) is 11.3 Å². The first kappa shape index (κ1) is 22.0. The normalized spacial score (nSPS) is 12.9. The summed E-state index contributed by atoms with van der Waals surface area (Å²) in [6.07, 6.45) is 7.11. The highest BCUT2D eigenvalue weighted by molar-refractivity contribution is 7.17. The minimum Gasteiger partial charge on any atom is -0.450 e. The van der Waals surface area contributed by atoms with Crippen molar-refractivity contribution in [1.82, 2.24) is 10.3 Å². The Bertz CT molecular complexity index is 1460. The number of nitrogens with one attached hydrogen (secondary N) is 2.